The first-order chi connectivity index (χ1) is 12.5. The van der Waals surface area contributed by atoms with Gasteiger partial charge in [0.2, 0.25) is 5.91 Å². The van der Waals surface area contributed by atoms with Gasteiger partial charge in [-0.3, -0.25) is 9.59 Å². The summed E-state index contributed by atoms with van der Waals surface area (Å²) < 4.78 is 5.27. The molecule has 1 aromatic rings. The zero-order valence-corrected chi connectivity index (χ0v) is 16.5. The number of nitrogens with zero attached hydrogens (tertiary/aromatic N) is 2. The predicted molar refractivity (Wildman–Crippen MR) is 105 cm³/mol. The molecule has 2 heterocycles. The fraction of sp³-hybridized carbons (Fsp3) is 0.500. The summed E-state index contributed by atoms with van der Waals surface area (Å²) in [5.41, 5.74) is 1.39. The molecule has 140 valence electrons. The highest BCUT2D eigenvalue weighted by molar-refractivity contribution is 8.15. The van der Waals surface area contributed by atoms with Gasteiger partial charge in [0.05, 0.1) is 12.8 Å². The van der Waals surface area contributed by atoms with Crippen LogP contribution in [0.4, 0.5) is 5.69 Å². The summed E-state index contributed by atoms with van der Waals surface area (Å²) >= 11 is 7.48. The molecule has 6 nitrogen and oxygen atoms in total. The van der Waals surface area contributed by atoms with E-state index in [4.69, 9.17) is 16.3 Å². The van der Waals surface area contributed by atoms with E-state index in [0.29, 0.717) is 16.5 Å². The van der Waals surface area contributed by atoms with Crippen LogP contribution in [0.2, 0.25) is 5.02 Å². The minimum Gasteiger partial charge on any atom is -0.495 e. The Morgan fingerprint density at radius 3 is 2.81 bits per heavy atom. The number of rotatable bonds is 4. The fourth-order valence-corrected chi connectivity index (χ4v) is 4.30. The van der Waals surface area contributed by atoms with E-state index in [9.17, 15) is 9.59 Å². The first-order valence-corrected chi connectivity index (χ1v) is 9.92. The molecule has 0 saturated carbocycles. The molecule has 2 aliphatic heterocycles. The van der Waals surface area contributed by atoms with Crippen molar-refractivity contribution in [2.24, 2.45) is 4.99 Å². The maximum atomic E-state index is 12.4. The molecular weight excluding hydrogens is 374 g/mol. The number of aliphatic imine (C=N–C) groups is 1. The van der Waals surface area contributed by atoms with Gasteiger partial charge < -0.3 is 15.0 Å². The van der Waals surface area contributed by atoms with Gasteiger partial charge in [-0.2, -0.15) is 4.99 Å². The topological polar surface area (TPSA) is 71.0 Å². The van der Waals surface area contributed by atoms with Gasteiger partial charge in [0.25, 0.3) is 5.91 Å². The molecule has 8 heteroatoms. The standard InChI is InChI=1S/C18H22ClN3O3S/c1-11-8-13(14(25-2)9-12(11)19)20-16(23)10-15-17(24)21-18(26-15)22-6-4-3-5-7-22/h8-9,15H,3-7,10H2,1-2H3,(H,20,23)/t15-/m0/s1. The van der Waals surface area contributed by atoms with Crippen LogP contribution < -0.4 is 10.1 Å². The van der Waals surface area contributed by atoms with E-state index in [2.05, 4.69) is 15.2 Å². The van der Waals surface area contributed by atoms with E-state index in [1.807, 2.05) is 6.92 Å². The summed E-state index contributed by atoms with van der Waals surface area (Å²) in [6.45, 7) is 3.71. The molecule has 0 spiro atoms. The van der Waals surface area contributed by atoms with Crippen LogP contribution in [0, 0.1) is 6.92 Å². The van der Waals surface area contributed by atoms with Gasteiger partial charge in [0.1, 0.15) is 11.0 Å². The van der Waals surface area contributed by atoms with Crippen molar-refractivity contribution < 1.29 is 14.3 Å². The summed E-state index contributed by atoms with van der Waals surface area (Å²) in [4.78, 5) is 30.9. The zero-order valence-electron chi connectivity index (χ0n) is 14.9. The number of anilines is 1. The molecule has 1 fully saturated rings. The van der Waals surface area contributed by atoms with E-state index in [0.717, 1.165) is 36.7 Å². The van der Waals surface area contributed by atoms with Crippen molar-refractivity contribution in [3.63, 3.8) is 0 Å². The molecule has 26 heavy (non-hydrogen) atoms. The van der Waals surface area contributed by atoms with Crippen LogP contribution in [0.15, 0.2) is 17.1 Å². The molecule has 2 amide bonds. The number of carbonyl (C=O) groups is 2. The van der Waals surface area contributed by atoms with E-state index in [-0.39, 0.29) is 18.2 Å². The minimum atomic E-state index is -0.466. The third-order valence-electron chi connectivity index (χ3n) is 4.48. The highest BCUT2D eigenvalue weighted by Crippen LogP contribution is 2.32. The first-order valence-electron chi connectivity index (χ1n) is 8.66. The first kappa shape index (κ1) is 19.0. The molecule has 1 saturated heterocycles. The molecule has 0 aliphatic carbocycles. The smallest absolute Gasteiger partial charge is 0.262 e. The second-order valence-corrected chi connectivity index (χ2v) is 8.02. The molecule has 0 aromatic heterocycles. The molecule has 1 N–H and O–H groups in total. The monoisotopic (exact) mass is 395 g/mol. The SMILES string of the molecule is COc1cc(Cl)c(C)cc1NC(=O)C[C@@H]1SC(N2CCCCC2)=NC1=O. The largest absolute Gasteiger partial charge is 0.495 e. The van der Waals surface area contributed by atoms with E-state index in [1.165, 1.54) is 25.3 Å². The number of thioether (sulfide) groups is 1. The number of carbonyl (C=O) groups excluding carboxylic acids is 2. The van der Waals surface area contributed by atoms with Crippen LogP contribution in [0.1, 0.15) is 31.2 Å². The summed E-state index contributed by atoms with van der Waals surface area (Å²) in [6, 6.07) is 3.43. The Morgan fingerprint density at radius 2 is 2.12 bits per heavy atom. The number of piperidine rings is 1. The number of aryl methyl sites for hydroxylation is 1. The average molecular weight is 396 g/mol. The highest BCUT2D eigenvalue weighted by atomic mass is 35.5. The van der Waals surface area contributed by atoms with Gasteiger partial charge in [-0.05, 0) is 37.8 Å². The Bertz CT molecular complexity index is 747. The van der Waals surface area contributed by atoms with E-state index < -0.39 is 5.25 Å². The summed E-state index contributed by atoms with van der Waals surface area (Å²) in [5.74, 6) is 0.0144. The van der Waals surface area contributed by atoms with Gasteiger partial charge in [0, 0.05) is 30.6 Å². The predicted octanol–water partition coefficient (Wildman–Crippen LogP) is 3.47. The van der Waals surface area contributed by atoms with Crippen LogP contribution in [0.25, 0.3) is 0 Å². The normalized spacial score (nSPS) is 20.1. The van der Waals surface area contributed by atoms with Crippen molar-refractivity contribution in [3.05, 3.63) is 22.7 Å². The van der Waals surface area contributed by atoms with Gasteiger partial charge >= 0.3 is 0 Å². The second-order valence-electron chi connectivity index (χ2n) is 6.44. The Morgan fingerprint density at radius 1 is 1.38 bits per heavy atom. The number of hydrogen-bond donors (Lipinski definition) is 1. The third-order valence-corrected chi connectivity index (χ3v) is 6.10. The lowest BCUT2D eigenvalue weighted by atomic mass is 10.1. The number of methoxy groups -OCH3 is 1. The fourth-order valence-electron chi connectivity index (χ4n) is 3.03. The van der Waals surface area contributed by atoms with Crippen molar-refractivity contribution in [2.45, 2.75) is 37.9 Å². The molecule has 1 atom stereocenters. The number of halogens is 1. The Labute approximate surface area is 162 Å². The Hall–Kier alpha value is -1.73. The van der Waals surface area contributed by atoms with Crippen LogP contribution in [-0.4, -0.2) is 47.3 Å². The van der Waals surface area contributed by atoms with Crippen LogP contribution >= 0.6 is 23.4 Å². The van der Waals surface area contributed by atoms with Gasteiger partial charge in [-0.15, -0.1) is 0 Å². The van der Waals surface area contributed by atoms with Gasteiger partial charge in [-0.25, -0.2) is 0 Å². The lowest BCUT2D eigenvalue weighted by molar-refractivity contribution is -0.121. The van der Waals surface area contributed by atoms with Gasteiger partial charge in [0.15, 0.2) is 5.17 Å². The summed E-state index contributed by atoms with van der Waals surface area (Å²) in [5, 5.41) is 3.68. The van der Waals surface area contributed by atoms with Crippen molar-refractivity contribution in [1.82, 2.24) is 4.90 Å². The molecule has 2 aliphatic rings. The molecule has 0 unspecified atom stereocenters. The third kappa shape index (κ3) is 4.32. The molecule has 0 bridgehead atoms. The maximum Gasteiger partial charge on any atom is 0.262 e. The van der Waals surface area contributed by atoms with E-state index >= 15 is 0 Å². The lowest BCUT2D eigenvalue weighted by Gasteiger charge is -2.27. The molecular formula is C18H22ClN3O3S. The number of nitrogens with one attached hydrogen (secondary N) is 1. The molecule has 3 rings (SSSR count). The number of amidine groups is 1. The second kappa shape index (κ2) is 8.31. The van der Waals surface area contributed by atoms with Crippen molar-refractivity contribution in [3.8, 4) is 5.75 Å². The molecule has 0 radical (unpaired) electrons. The van der Waals surface area contributed by atoms with Crippen molar-refractivity contribution >= 4 is 46.0 Å². The van der Waals surface area contributed by atoms with Crippen molar-refractivity contribution in [1.29, 1.82) is 0 Å². The minimum absolute atomic E-state index is 0.0785. The number of amides is 2. The van der Waals surface area contributed by atoms with E-state index in [1.54, 1.807) is 12.1 Å². The number of ether oxygens (including phenoxy) is 1. The lowest BCUT2D eigenvalue weighted by Crippen LogP contribution is -2.33. The summed E-state index contributed by atoms with van der Waals surface area (Å²) in [7, 11) is 1.52. The van der Waals surface area contributed by atoms with Crippen LogP contribution in [0.5, 0.6) is 5.75 Å². The zero-order chi connectivity index (χ0) is 18.7. The Balaban J connectivity index is 1.61. The summed E-state index contributed by atoms with van der Waals surface area (Å²) in [6.07, 6.45) is 3.54. The van der Waals surface area contributed by atoms with Crippen LogP contribution in [-0.2, 0) is 9.59 Å². The van der Waals surface area contributed by atoms with Crippen molar-refractivity contribution in [2.75, 3.05) is 25.5 Å². The Kier molecular flexibility index (Phi) is 6.09. The van der Waals surface area contributed by atoms with Crippen LogP contribution in [0.3, 0.4) is 0 Å². The molecule has 1 aromatic carbocycles. The number of hydrogen-bond acceptors (Lipinski definition) is 5. The quantitative estimate of drug-likeness (QED) is 0.845. The maximum absolute atomic E-state index is 12.4. The number of benzene rings is 1. The van der Waals surface area contributed by atoms with Gasteiger partial charge in [-0.1, -0.05) is 23.4 Å². The highest BCUT2D eigenvalue weighted by Gasteiger charge is 2.33. The number of likely N-dealkylation sites (tertiary alicyclic amines) is 1. The average Bonchev–Trinajstić information content (AvgIpc) is 2.99.